The van der Waals surface area contributed by atoms with Gasteiger partial charge in [-0.3, -0.25) is 4.79 Å². The zero-order chi connectivity index (χ0) is 15.2. The largest absolute Gasteiger partial charge is 0.352 e. The Morgan fingerprint density at radius 1 is 1.15 bits per heavy atom. The van der Waals surface area contributed by atoms with Crippen molar-refractivity contribution in [3.8, 4) is 0 Å². The minimum absolute atomic E-state index is 0.0611. The molecule has 0 saturated carbocycles. The van der Waals surface area contributed by atoms with Crippen molar-refractivity contribution in [3.05, 3.63) is 35.4 Å². The van der Waals surface area contributed by atoms with Gasteiger partial charge in [0.05, 0.1) is 0 Å². The van der Waals surface area contributed by atoms with Crippen LogP contribution in [0.1, 0.15) is 55.5 Å². The molecule has 0 saturated heterocycles. The summed E-state index contributed by atoms with van der Waals surface area (Å²) in [5.41, 5.74) is 7.16. The molecule has 0 aliphatic rings. The smallest absolute Gasteiger partial charge is 0.251 e. The molecule has 0 radical (unpaired) electrons. The average Bonchev–Trinajstić information content (AvgIpc) is 2.52. The fourth-order valence-corrected chi connectivity index (χ4v) is 1.63. The van der Waals surface area contributed by atoms with Crippen LogP contribution in [-0.4, -0.2) is 18.7 Å². The highest BCUT2D eigenvalue weighted by atomic mass is 16.1. The minimum atomic E-state index is -0.0611. The maximum atomic E-state index is 11.7. The van der Waals surface area contributed by atoms with Gasteiger partial charge in [-0.05, 0) is 30.5 Å². The Hall–Kier alpha value is -1.68. The van der Waals surface area contributed by atoms with Gasteiger partial charge in [-0.15, -0.1) is 0 Å². The van der Waals surface area contributed by atoms with Gasteiger partial charge in [-0.25, -0.2) is 0 Å². The third kappa shape index (κ3) is 7.69. The highest BCUT2D eigenvalue weighted by Gasteiger charge is 2.03. The van der Waals surface area contributed by atoms with Gasteiger partial charge in [-0.2, -0.15) is 0 Å². The van der Waals surface area contributed by atoms with E-state index in [0.717, 1.165) is 31.1 Å². The van der Waals surface area contributed by atoms with Crippen molar-refractivity contribution in [2.45, 2.75) is 46.1 Å². The second-order valence-electron chi connectivity index (χ2n) is 4.17. The Labute approximate surface area is 121 Å². The highest BCUT2D eigenvalue weighted by molar-refractivity contribution is 5.94. The van der Waals surface area contributed by atoms with Gasteiger partial charge in [-0.1, -0.05) is 32.4 Å². The number of nitrogens with two attached hydrogens (primary N) is 1. The van der Waals surface area contributed by atoms with Crippen molar-refractivity contribution in [2.24, 2.45) is 5.73 Å². The lowest BCUT2D eigenvalue weighted by Crippen LogP contribution is -2.24. The monoisotopic (exact) mass is 278 g/mol. The summed E-state index contributed by atoms with van der Waals surface area (Å²) < 4.78 is 0. The molecule has 0 aromatic heterocycles. The summed E-state index contributed by atoms with van der Waals surface area (Å²) in [4.78, 5) is 21.8. The van der Waals surface area contributed by atoms with Crippen LogP contribution in [0.2, 0.25) is 0 Å². The van der Waals surface area contributed by atoms with Crippen LogP contribution in [0.3, 0.4) is 0 Å². The van der Waals surface area contributed by atoms with Crippen LogP contribution in [0, 0.1) is 0 Å². The van der Waals surface area contributed by atoms with Crippen molar-refractivity contribution in [1.29, 1.82) is 0 Å². The van der Waals surface area contributed by atoms with E-state index in [2.05, 4.69) is 5.32 Å². The molecule has 1 aromatic carbocycles. The van der Waals surface area contributed by atoms with Gasteiger partial charge in [0.15, 0.2) is 0 Å². The zero-order valence-corrected chi connectivity index (χ0v) is 12.5. The molecule has 0 unspecified atom stereocenters. The van der Waals surface area contributed by atoms with Crippen LogP contribution < -0.4 is 11.1 Å². The number of benzene rings is 1. The molecule has 0 heterocycles. The van der Waals surface area contributed by atoms with E-state index in [9.17, 15) is 9.59 Å². The number of hydrogen-bond acceptors (Lipinski definition) is 3. The number of rotatable bonds is 8. The van der Waals surface area contributed by atoms with Crippen molar-refractivity contribution in [3.63, 3.8) is 0 Å². The molecule has 112 valence electrons. The number of amides is 1. The molecule has 0 bridgehead atoms. The first-order valence-corrected chi connectivity index (χ1v) is 7.28. The Morgan fingerprint density at radius 3 is 2.35 bits per heavy atom. The lowest BCUT2D eigenvalue weighted by Gasteiger charge is -2.05. The van der Waals surface area contributed by atoms with Gasteiger partial charge in [0.1, 0.15) is 6.29 Å². The summed E-state index contributed by atoms with van der Waals surface area (Å²) in [6.07, 6.45) is 4.29. The van der Waals surface area contributed by atoms with Crippen LogP contribution in [0.5, 0.6) is 0 Å². The number of hydrogen-bond donors (Lipinski definition) is 2. The SMILES string of the molecule is CC.NCc1ccc(C(=O)NCCCCCC=O)cc1. The van der Waals surface area contributed by atoms with E-state index in [0.29, 0.717) is 25.1 Å². The van der Waals surface area contributed by atoms with Crippen LogP contribution >= 0.6 is 0 Å². The number of carbonyl (C=O) groups is 2. The second-order valence-corrected chi connectivity index (χ2v) is 4.17. The zero-order valence-electron chi connectivity index (χ0n) is 12.5. The summed E-state index contributed by atoms with van der Waals surface area (Å²) in [6.45, 7) is 5.13. The van der Waals surface area contributed by atoms with Crippen LogP contribution in [0.4, 0.5) is 0 Å². The van der Waals surface area contributed by atoms with Crippen LogP contribution in [-0.2, 0) is 11.3 Å². The maximum Gasteiger partial charge on any atom is 0.251 e. The molecule has 0 fully saturated rings. The first-order chi connectivity index (χ1) is 9.77. The third-order valence-corrected chi connectivity index (χ3v) is 2.74. The van der Waals surface area contributed by atoms with E-state index in [4.69, 9.17) is 5.73 Å². The Balaban J connectivity index is 0.00000172. The highest BCUT2D eigenvalue weighted by Crippen LogP contribution is 2.04. The molecular weight excluding hydrogens is 252 g/mol. The number of aldehydes is 1. The first-order valence-electron chi connectivity index (χ1n) is 7.28. The maximum absolute atomic E-state index is 11.7. The molecule has 0 aliphatic heterocycles. The number of unbranched alkanes of at least 4 members (excludes halogenated alkanes) is 3. The molecule has 20 heavy (non-hydrogen) atoms. The predicted molar refractivity (Wildman–Crippen MR) is 82.5 cm³/mol. The van der Waals surface area contributed by atoms with Crippen molar-refractivity contribution in [2.75, 3.05) is 6.54 Å². The Morgan fingerprint density at radius 2 is 1.80 bits per heavy atom. The van der Waals surface area contributed by atoms with Crippen molar-refractivity contribution < 1.29 is 9.59 Å². The Kier molecular flexibility index (Phi) is 11.3. The van der Waals surface area contributed by atoms with E-state index in [-0.39, 0.29) is 5.91 Å². The lowest BCUT2D eigenvalue weighted by molar-refractivity contribution is -0.107. The van der Waals surface area contributed by atoms with Crippen molar-refractivity contribution >= 4 is 12.2 Å². The average molecular weight is 278 g/mol. The first kappa shape index (κ1) is 18.3. The summed E-state index contributed by atoms with van der Waals surface area (Å²) >= 11 is 0. The Bertz CT molecular complexity index is 375. The fraction of sp³-hybridized carbons (Fsp3) is 0.500. The standard InChI is InChI=1S/C14H20N2O2.C2H6/c15-11-12-5-7-13(8-6-12)14(18)16-9-3-1-2-4-10-17;1-2/h5-8,10H,1-4,9,11,15H2,(H,16,18);1-2H3. The van der Waals surface area contributed by atoms with Crippen LogP contribution in [0.15, 0.2) is 24.3 Å². The van der Waals surface area contributed by atoms with Gasteiger partial charge in [0, 0.05) is 25.1 Å². The molecule has 0 aliphatic carbocycles. The van der Waals surface area contributed by atoms with E-state index >= 15 is 0 Å². The molecular formula is C16H26N2O2. The quantitative estimate of drug-likeness (QED) is 0.567. The molecule has 1 rings (SSSR count). The predicted octanol–water partition coefficient (Wildman–Crippen LogP) is 2.66. The van der Waals surface area contributed by atoms with E-state index < -0.39 is 0 Å². The molecule has 4 nitrogen and oxygen atoms in total. The summed E-state index contributed by atoms with van der Waals surface area (Å²) in [5.74, 6) is -0.0611. The summed E-state index contributed by atoms with van der Waals surface area (Å²) in [6, 6.07) is 7.28. The van der Waals surface area contributed by atoms with Crippen LogP contribution in [0.25, 0.3) is 0 Å². The number of nitrogens with one attached hydrogen (secondary N) is 1. The fourth-order valence-electron chi connectivity index (χ4n) is 1.63. The summed E-state index contributed by atoms with van der Waals surface area (Å²) in [7, 11) is 0. The normalized spacial score (nSPS) is 9.35. The molecule has 1 amide bonds. The molecule has 1 aromatic rings. The van der Waals surface area contributed by atoms with E-state index in [1.54, 1.807) is 12.1 Å². The van der Waals surface area contributed by atoms with Gasteiger partial charge < -0.3 is 15.8 Å². The molecule has 4 heteroatoms. The minimum Gasteiger partial charge on any atom is -0.352 e. The molecule has 0 atom stereocenters. The van der Waals surface area contributed by atoms with Gasteiger partial charge in [0.2, 0.25) is 0 Å². The summed E-state index contributed by atoms with van der Waals surface area (Å²) in [5, 5.41) is 2.85. The lowest BCUT2D eigenvalue weighted by atomic mass is 10.1. The number of carbonyl (C=O) groups excluding carboxylic acids is 2. The topological polar surface area (TPSA) is 72.2 Å². The van der Waals surface area contributed by atoms with Gasteiger partial charge in [0.25, 0.3) is 5.91 Å². The third-order valence-electron chi connectivity index (χ3n) is 2.74. The molecule has 3 N–H and O–H groups in total. The van der Waals surface area contributed by atoms with Gasteiger partial charge >= 0.3 is 0 Å². The van der Waals surface area contributed by atoms with Crippen molar-refractivity contribution in [1.82, 2.24) is 5.32 Å². The van der Waals surface area contributed by atoms with E-state index in [1.807, 2.05) is 26.0 Å². The molecule has 0 spiro atoms. The van der Waals surface area contributed by atoms with E-state index in [1.165, 1.54) is 0 Å². The second kappa shape index (κ2) is 12.4.